The van der Waals surface area contributed by atoms with Crippen molar-refractivity contribution in [1.29, 1.82) is 0 Å². The molecule has 2 aromatic carbocycles. The fourth-order valence-electron chi connectivity index (χ4n) is 4.00. The van der Waals surface area contributed by atoms with Gasteiger partial charge in [0.15, 0.2) is 0 Å². The van der Waals surface area contributed by atoms with Gasteiger partial charge in [-0.15, -0.1) is 0 Å². The summed E-state index contributed by atoms with van der Waals surface area (Å²) >= 11 is 0. The Morgan fingerprint density at radius 2 is 1.70 bits per heavy atom. The molecule has 1 nitrogen and oxygen atoms in total. The summed E-state index contributed by atoms with van der Waals surface area (Å²) in [6.45, 7) is 0.922. The van der Waals surface area contributed by atoms with Crippen LogP contribution in [0.3, 0.4) is 0 Å². The molecule has 2 aromatic rings. The first kappa shape index (κ1) is 12.2. The van der Waals surface area contributed by atoms with E-state index in [4.69, 9.17) is 4.74 Å². The Kier molecular flexibility index (Phi) is 2.89. The van der Waals surface area contributed by atoms with Crippen LogP contribution in [0, 0.1) is 5.41 Å². The molecule has 1 aliphatic carbocycles. The lowest BCUT2D eigenvalue weighted by atomic mass is 9.66. The maximum atomic E-state index is 6.09. The van der Waals surface area contributed by atoms with E-state index >= 15 is 0 Å². The fraction of sp³-hybridized carbons (Fsp3) is 0.368. The summed E-state index contributed by atoms with van der Waals surface area (Å²) in [6.07, 6.45) is 5.00. The number of hydrogen-bond acceptors (Lipinski definition) is 1. The number of benzene rings is 2. The molecule has 1 heteroatoms. The van der Waals surface area contributed by atoms with E-state index < -0.39 is 0 Å². The quantitative estimate of drug-likeness (QED) is 0.801. The molecule has 2 atom stereocenters. The second kappa shape index (κ2) is 4.75. The molecular formula is C19H20O. The van der Waals surface area contributed by atoms with Crippen LogP contribution in [-0.4, -0.2) is 12.7 Å². The summed E-state index contributed by atoms with van der Waals surface area (Å²) in [5.74, 6) is 0. The van der Waals surface area contributed by atoms with Crippen LogP contribution in [0.2, 0.25) is 0 Å². The summed E-state index contributed by atoms with van der Waals surface area (Å²) in [4.78, 5) is 0. The molecule has 0 spiro atoms. The lowest BCUT2D eigenvalue weighted by molar-refractivity contribution is 0.0417. The zero-order valence-electron chi connectivity index (χ0n) is 11.7. The van der Waals surface area contributed by atoms with Gasteiger partial charge < -0.3 is 4.74 Å². The van der Waals surface area contributed by atoms with Gasteiger partial charge in [-0.05, 0) is 42.4 Å². The average Bonchev–Trinajstić information content (AvgIpc) is 2.88. The number of rotatable bonds is 2. The summed E-state index contributed by atoms with van der Waals surface area (Å²) in [5, 5.41) is 0. The third-order valence-electron chi connectivity index (χ3n) is 5.07. The SMILES string of the molecule is c1ccc(C[C@@]23CCO[C@@H]2Cc2ccccc2C3)cc1. The lowest BCUT2D eigenvalue weighted by Gasteiger charge is -2.39. The van der Waals surface area contributed by atoms with Crippen molar-refractivity contribution in [2.24, 2.45) is 5.41 Å². The standard InChI is InChI=1S/C19H20O/c1-2-6-15(7-3-1)13-19-10-11-20-18(19)12-16-8-4-5-9-17(16)14-19/h1-9,18H,10-14H2/t18-,19-/m1/s1. The molecule has 1 fully saturated rings. The summed E-state index contributed by atoms with van der Waals surface area (Å²) in [6, 6.07) is 19.8. The molecule has 4 rings (SSSR count). The van der Waals surface area contributed by atoms with Crippen molar-refractivity contribution in [3.63, 3.8) is 0 Å². The Morgan fingerprint density at radius 1 is 0.950 bits per heavy atom. The smallest absolute Gasteiger partial charge is 0.0678 e. The molecule has 102 valence electrons. The van der Waals surface area contributed by atoms with E-state index in [1.54, 1.807) is 0 Å². The number of hydrogen-bond donors (Lipinski definition) is 0. The zero-order chi connectivity index (χ0) is 13.4. The van der Waals surface area contributed by atoms with Crippen molar-refractivity contribution in [2.75, 3.05) is 6.61 Å². The second-order valence-corrected chi connectivity index (χ2v) is 6.28. The fourth-order valence-corrected chi connectivity index (χ4v) is 4.00. The molecular weight excluding hydrogens is 244 g/mol. The van der Waals surface area contributed by atoms with Gasteiger partial charge in [-0.25, -0.2) is 0 Å². The lowest BCUT2D eigenvalue weighted by Crippen LogP contribution is -2.40. The molecule has 20 heavy (non-hydrogen) atoms. The molecule has 0 radical (unpaired) electrons. The predicted molar refractivity (Wildman–Crippen MR) is 80.8 cm³/mol. The monoisotopic (exact) mass is 264 g/mol. The predicted octanol–water partition coefficient (Wildman–Crippen LogP) is 3.80. The first-order valence-corrected chi connectivity index (χ1v) is 7.58. The van der Waals surface area contributed by atoms with Gasteiger partial charge in [-0.3, -0.25) is 0 Å². The molecule has 0 bridgehead atoms. The Labute approximate surface area is 120 Å². The van der Waals surface area contributed by atoms with Crippen molar-refractivity contribution >= 4 is 0 Å². The van der Waals surface area contributed by atoms with Crippen molar-refractivity contribution in [1.82, 2.24) is 0 Å². The highest BCUT2D eigenvalue weighted by molar-refractivity contribution is 5.34. The molecule has 0 N–H and O–H groups in total. The normalized spacial score (nSPS) is 27.9. The minimum absolute atomic E-state index is 0.315. The van der Waals surface area contributed by atoms with E-state index in [9.17, 15) is 0 Å². The molecule has 1 heterocycles. The minimum atomic E-state index is 0.315. The van der Waals surface area contributed by atoms with E-state index in [1.165, 1.54) is 29.5 Å². The molecule has 2 aliphatic rings. The number of fused-ring (bicyclic) bond motifs is 2. The highest BCUT2D eigenvalue weighted by Crippen LogP contribution is 2.46. The Bertz CT molecular complexity index is 604. The molecule has 1 aliphatic heterocycles. The molecule has 0 amide bonds. The second-order valence-electron chi connectivity index (χ2n) is 6.28. The van der Waals surface area contributed by atoms with Crippen molar-refractivity contribution in [3.05, 3.63) is 71.3 Å². The van der Waals surface area contributed by atoms with E-state index in [1.807, 2.05) is 0 Å². The topological polar surface area (TPSA) is 9.23 Å². The van der Waals surface area contributed by atoms with Gasteiger partial charge in [0, 0.05) is 12.0 Å². The molecule has 1 saturated heterocycles. The Morgan fingerprint density at radius 3 is 2.55 bits per heavy atom. The molecule has 0 saturated carbocycles. The summed E-state index contributed by atoms with van der Waals surface area (Å²) < 4.78 is 6.09. The van der Waals surface area contributed by atoms with Crippen LogP contribution in [0.1, 0.15) is 23.1 Å². The van der Waals surface area contributed by atoms with Gasteiger partial charge >= 0.3 is 0 Å². The summed E-state index contributed by atoms with van der Waals surface area (Å²) in [5.41, 5.74) is 4.78. The Hall–Kier alpha value is -1.60. The maximum Gasteiger partial charge on any atom is 0.0678 e. The van der Waals surface area contributed by atoms with Crippen LogP contribution < -0.4 is 0 Å². The van der Waals surface area contributed by atoms with E-state index in [0.29, 0.717) is 11.5 Å². The van der Waals surface area contributed by atoms with Crippen molar-refractivity contribution in [3.8, 4) is 0 Å². The van der Waals surface area contributed by atoms with E-state index in [0.717, 1.165) is 19.4 Å². The van der Waals surface area contributed by atoms with Crippen molar-refractivity contribution in [2.45, 2.75) is 31.8 Å². The summed E-state index contributed by atoms with van der Waals surface area (Å²) in [7, 11) is 0. The highest BCUT2D eigenvalue weighted by atomic mass is 16.5. The van der Waals surface area contributed by atoms with Crippen LogP contribution in [0.5, 0.6) is 0 Å². The van der Waals surface area contributed by atoms with Crippen molar-refractivity contribution < 1.29 is 4.74 Å². The maximum absolute atomic E-state index is 6.09. The number of ether oxygens (including phenoxy) is 1. The van der Waals surface area contributed by atoms with E-state index in [2.05, 4.69) is 54.6 Å². The van der Waals surface area contributed by atoms with Gasteiger partial charge in [0.25, 0.3) is 0 Å². The third-order valence-corrected chi connectivity index (χ3v) is 5.07. The van der Waals surface area contributed by atoms with Gasteiger partial charge in [0.1, 0.15) is 0 Å². The Balaban J connectivity index is 1.69. The van der Waals surface area contributed by atoms with Crippen LogP contribution in [0.4, 0.5) is 0 Å². The minimum Gasteiger partial charge on any atom is -0.377 e. The largest absolute Gasteiger partial charge is 0.377 e. The van der Waals surface area contributed by atoms with Gasteiger partial charge in [0.2, 0.25) is 0 Å². The molecule has 0 unspecified atom stereocenters. The van der Waals surface area contributed by atoms with Gasteiger partial charge in [-0.2, -0.15) is 0 Å². The van der Waals surface area contributed by atoms with Crippen LogP contribution >= 0.6 is 0 Å². The van der Waals surface area contributed by atoms with Crippen LogP contribution in [0.25, 0.3) is 0 Å². The first-order chi connectivity index (χ1) is 9.86. The zero-order valence-corrected chi connectivity index (χ0v) is 11.7. The third kappa shape index (κ3) is 1.97. The van der Waals surface area contributed by atoms with Gasteiger partial charge in [-0.1, -0.05) is 54.6 Å². The molecule has 0 aromatic heterocycles. The van der Waals surface area contributed by atoms with Crippen LogP contribution in [0.15, 0.2) is 54.6 Å². The average molecular weight is 264 g/mol. The first-order valence-electron chi connectivity index (χ1n) is 7.58. The van der Waals surface area contributed by atoms with E-state index in [-0.39, 0.29) is 0 Å². The highest BCUT2D eigenvalue weighted by Gasteiger charge is 2.46. The van der Waals surface area contributed by atoms with Crippen LogP contribution in [-0.2, 0) is 24.0 Å². The van der Waals surface area contributed by atoms with Gasteiger partial charge in [0.05, 0.1) is 6.10 Å².